The number of rotatable bonds is 4. The Hall–Kier alpha value is -1.35. The summed E-state index contributed by atoms with van der Waals surface area (Å²) < 4.78 is 2.25. The minimum absolute atomic E-state index is 0.391. The first kappa shape index (κ1) is 12.1. The number of carbonyl (C=O) groups excluding carboxylic acids is 1. The monoisotopic (exact) mass is 247 g/mol. The van der Waals surface area contributed by atoms with Gasteiger partial charge in [-0.05, 0) is 38.3 Å². The molecule has 0 saturated carbocycles. The summed E-state index contributed by atoms with van der Waals surface area (Å²) in [5.74, 6) is 0. The molecule has 0 spiro atoms. The van der Waals surface area contributed by atoms with E-state index in [1.165, 1.54) is 4.88 Å². The molecule has 0 aliphatic carbocycles. The number of hydrogen-bond acceptors (Lipinski definition) is 2. The molecule has 3 heteroatoms. The first-order valence-corrected chi connectivity index (χ1v) is 6.67. The molecule has 17 heavy (non-hydrogen) atoms. The predicted octanol–water partition coefficient (Wildman–Crippen LogP) is 3.78. The van der Waals surface area contributed by atoms with Gasteiger partial charge < -0.3 is 4.57 Å². The van der Waals surface area contributed by atoms with Gasteiger partial charge in [0.05, 0.1) is 0 Å². The Bertz CT molecular complexity index is 511. The average molecular weight is 247 g/mol. The second-order valence-electron chi connectivity index (χ2n) is 4.45. The molecule has 0 N–H and O–H groups in total. The van der Waals surface area contributed by atoms with E-state index in [9.17, 15) is 4.79 Å². The zero-order chi connectivity index (χ0) is 12.4. The number of aldehydes is 1. The van der Waals surface area contributed by atoms with Crippen molar-refractivity contribution < 1.29 is 4.79 Å². The molecule has 2 heterocycles. The van der Waals surface area contributed by atoms with E-state index in [1.54, 1.807) is 11.3 Å². The summed E-state index contributed by atoms with van der Waals surface area (Å²) in [6.07, 6.45) is 1.96. The molecule has 0 bridgehead atoms. The minimum Gasteiger partial charge on any atom is -0.345 e. The van der Waals surface area contributed by atoms with Gasteiger partial charge in [0.25, 0.3) is 0 Å². The molecule has 2 rings (SSSR count). The van der Waals surface area contributed by atoms with Crippen LogP contribution in [0.1, 0.15) is 39.6 Å². The van der Waals surface area contributed by atoms with Gasteiger partial charge in [-0.2, -0.15) is 0 Å². The molecule has 0 saturated heterocycles. The lowest BCUT2D eigenvalue weighted by Crippen LogP contribution is -2.11. The van der Waals surface area contributed by atoms with Crippen LogP contribution >= 0.6 is 11.3 Å². The van der Waals surface area contributed by atoms with Crippen LogP contribution in [0.2, 0.25) is 0 Å². The van der Waals surface area contributed by atoms with Crippen LogP contribution in [0.15, 0.2) is 23.6 Å². The first-order chi connectivity index (χ1) is 8.13. The molecular formula is C14H17NOS. The number of aryl methyl sites for hydroxylation is 1. The van der Waals surface area contributed by atoms with Crippen molar-refractivity contribution in [1.82, 2.24) is 4.57 Å². The smallest absolute Gasteiger partial charge is 0.151 e. The van der Waals surface area contributed by atoms with Gasteiger partial charge in [-0.15, -0.1) is 11.3 Å². The molecule has 90 valence electrons. The van der Waals surface area contributed by atoms with Crippen LogP contribution in [0.4, 0.5) is 0 Å². The lowest BCUT2D eigenvalue weighted by molar-refractivity contribution is 0.112. The fourth-order valence-electron chi connectivity index (χ4n) is 2.41. The number of hydrogen-bond donors (Lipinski definition) is 0. The largest absolute Gasteiger partial charge is 0.345 e. The van der Waals surface area contributed by atoms with E-state index in [4.69, 9.17) is 0 Å². The molecule has 1 atom stereocenters. The summed E-state index contributed by atoms with van der Waals surface area (Å²) in [5, 5.41) is 2.11. The van der Waals surface area contributed by atoms with Gasteiger partial charge in [0.15, 0.2) is 6.29 Å². The van der Waals surface area contributed by atoms with Crippen molar-refractivity contribution in [2.24, 2.45) is 0 Å². The highest BCUT2D eigenvalue weighted by Gasteiger charge is 2.14. The van der Waals surface area contributed by atoms with E-state index in [-0.39, 0.29) is 0 Å². The Morgan fingerprint density at radius 3 is 2.76 bits per heavy atom. The molecule has 2 aromatic heterocycles. The van der Waals surface area contributed by atoms with Gasteiger partial charge in [-0.25, -0.2) is 0 Å². The second kappa shape index (κ2) is 4.88. The molecule has 0 aromatic carbocycles. The average Bonchev–Trinajstić information content (AvgIpc) is 2.87. The Labute approximate surface area is 106 Å². The summed E-state index contributed by atoms with van der Waals surface area (Å²) in [6, 6.07) is 6.60. The van der Waals surface area contributed by atoms with E-state index < -0.39 is 0 Å². The van der Waals surface area contributed by atoms with Crippen molar-refractivity contribution in [2.45, 2.75) is 33.2 Å². The third-order valence-corrected chi connectivity index (χ3v) is 4.07. The van der Waals surface area contributed by atoms with Crippen LogP contribution in [0, 0.1) is 13.8 Å². The van der Waals surface area contributed by atoms with Gasteiger partial charge in [0, 0.05) is 34.3 Å². The number of carbonyl (C=O) groups is 1. The van der Waals surface area contributed by atoms with Crippen molar-refractivity contribution >= 4 is 17.6 Å². The molecule has 0 amide bonds. The number of nitrogens with zero attached hydrogens (tertiary/aromatic N) is 1. The Balaban J connectivity index is 2.27. The van der Waals surface area contributed by atoms with Crippen LogP contribution < -0.4 is 0 Å². The molecule has 2 aromatic rings. The summed E-state index contributed by atoms with van der Waals surface area (Å²) >= 11 is 1.79. The highest BCUT2D eigenvalue weighted by molar-refractivity contribution is 7.09. The van der Waals surface area contributed by atoms with Gasteiger partial charge in [0.2, 0.25) is 0 Å². The highest BCUT2D eigenvalue weighted by Crippen LogP contribution is 2.23. The van der Waals surface area contributed by atoms with Crippen molar-refractivity contribution in [2.75, 3.05) is 0 Å². The molecule has 0 fully saturated rings. The third-order valence-electron chi connectivity index (χ3n) is 3.17. The molecular weight excluding hydrogens is 230 g/mol. The molecule has 1 unspecified atom stereocenters. The van der Waals surface area contributed by atoms with Crippen molar-refractivity contribution in [1.29, 1.82) is 0 Å². The Kier molecular flexibility index (Phi) is 3.48. The van der Waals surface area contributed by atoms with E-state index >= 15 is 0 Å². The number of aromatic nitrogens is 1. The Morgan fingerprint density at radius 1 is 1.47 bits per heavy atom. The number of thiophene rings is 1. The third kappa shape index (κ3) is 2.34. The summed E-state index contributed by atoms with van der Waals surface area (Å²) in [6.45, 7) is 6.28. The van der Waals surface area contributed by atoms with E-state index in [0.29, 0.717) is 6.04 Å². The molecule has 0 radical (unpaired) electrons. The SMILES string of the molecule is Cc1cc(C=O)c(C)n1C(C)Cc1cccs1. The minimum atomic E-state index is 0.391. The molecule has 2 nitrogen and oxygen atoms in total. The predicted molar refractivity (Wildman–Crippen MR) is 72.0 cm³/mol. The van der Waals surface area contributed by atoms with E-state index in [2.05, 4.69) is 35.9 Å². The maximum Gasteiger partial charge on any atom is 0.151 e. The normalized spacial score (nSPS) is 12.6. The summed E-state index contributed by atoms with van der Waals surface area (Å²) in [5.41, 5.74) is 3.04. The molecule has 0 aliphatic heterocycles. The highest BCUT2D eigenvalue weighted by atomic mass is 32.1. The molecule has 0 aliphatic rings. The van der Waals surface area contributed by atoms with Gasteiger partial charge in [-0.1, -0.05) is 6.07 Å². The zero-order valence-electron chi connectivity index (χ0n) is 10.4. The van der Waals surface area contributed by atoms with Crippen LogP contribution in [0.5, 0.6) is 0 Å². The fraction of sp³-hybridized carbons (Fsp3) is 0.357. The van der Waals surface area contributed by atoms with Crippen LogP contribution in [-0.2, 0) is 6.42 Å². The fourth-order valence-corrected chi connectivity index (χ4v) is 3.24. The van der Waals surface area contributed by atoms with Crippen LogP contribution in [0.3, 0.4) is 0 Å². The first-order valence-electron chi connectivity index (χ1n) is 5.79. The quantitative estimate of drug-likeness (QED) is 0.754. The topological polar surface area (TPSA) is 22.0 Å². The van der Waals surface area contributed by atoms with Gasteiger partial charge in [-0.3, -0.25) is 4.79 Å². The van der Waals surface area contributed by atoms with Crippen molar-refractivity contribution in [3.63, 3.8) is 0 Å². The maximum absolute atomic E-state index is 10.9. The van der Waals surface area contributed by atoms with Gasteiger partial charge >= 0.3 is 0 Å². The van der Waals surface area contributed by atoms with Gasteiger partial charge in [0.1, 0.15) is 0 Å². The lowest BCUT2D eigenvalue weighted by Gasteiger charge is -2.17. The van der Waals surface area contributed by atoms with Crippen molar-refractivity contribution in [3.05, 3.63) is 45.4 Å². The van der Waals surface area contributed by atoms with Crippen LogP contribution in [-0.4, -0.2) is 10.9 Å². The second-order valence-corrected chi connectivity index (χ2v) is 5.48. The maximum atomic E-state index is 10.9. The standard InChI is InChI=1S/C14H17NOS/c1-10-7-13(9-16)12(3)15(10)11(2)8-14-5-4-6-17-14/h4-7,9,11H,8H2,1-3H3. The van der Waals surface area contributed by atoms with Crippen molar-refractivity contribution in [3.8, 4) is 0 Å². The lowest BCUT2D eigenvalue weighted by atomic mass is 10.2. The van der Waals surface area contributed by atoms with E-state index in [0.717, 1.165) is 29.7 Å². The summed E-state index contributed by atoms with van der Waals surface area (Å²) in [4.78, 5) is 12.3. The van der Waals surface area contributed by atoms with E-state index in [1.807, 2.05) is 13.0 Å². The Morgan fingerprint density at radius 2 is 2.24 bits per heavy atom. The summed E-state index contributed by atoms with van der Waals surface area (Å²) in [7, 11) is 0. The zero-order valence-corrected chi connectivity index (χ0v) is 11.3. The van der Waals surface area contributed by atoms with Crippen LogP contribution in [0.25, 0.3) is 0 Å².